The maximum absolute atomic E-state index is 13.7. The van der Waals surface area contributed by atoms with Crippen molar-refractivity contribution in [3.05, 3.63) is 95.0 Å². The lowest BCUT2D eigenvalue weighted by atomic mass is 10.2. The van der Waals surface area contributed by atoms with E-state index >= 15 is 0 Å². The van der Waals surface area contributed by atoms with Gasteiger partial charge in [0.05, 0.1) is 7.11 Å². The SMILES string of the molecule is COc1ccc(NC(=O)c2csc(-c3ccc(OCc4ccc(F)cc4F)cc3)n2)cc1. The summed E-state index contributed by atoms with van der Waals surface area (Å²) in [7, 11) is 1.58. The molecule has 4 rings (SSSR count). The Balaban J connectivity index is 1.38. The van der Waals surface area contributed by atoms with Gasteiger partial charge in [-0.15, -0.1) is 11.3 Å². The van der Waals surface area contributed by atoms with E-state index in [1.165, 1.54) is 23.5 Å². The number of anilines is 1. The molecule has 1 aromatic heterocycles. The molecule has 1 N–H and O–H groups in total. The van der Waals surface area contributed by atoms with Gasteiger partial charge in [0, 0.05) is 28.3 Å². The Kier molecular flexibility index (Phi) is 6.42. The van der Waals surface area contributed by atoms with Crippen LogP contribution in [0.25, 0.3) is 10.6 Å². The van der Waals surface area contributed by atoms with E-state index in [9.17, 15) is 13.6 Å². The molecule has 0 radical (unpaired) electrons. The van der Waals surface area contributed by atoms with Gasteiger partial charge >= 0.3 is 0 Å². The van der Waals surface area contributed by atoms with Crippen LogP contribution in [0.3, 0.4) is 0 Å². The number of amides is 1. The molecule has 0 spiro atoms. The molecule has 162 valence electrons. The smallest absolute Gasteiger partial charge is 0.275 e. The van der Waals surface area contributed by atoms with Crippen molar-refractivity contribution in [1.29, 1.82) is 0 Å². The average Bonchev–Trinajstić information content (AvgIpc) is 3.30. The molecule has 1 heterocycles. The van der Waals surface area contributed by atoms with E-state index in [0.717, 1.165) is 11.6 Å². The molecule has 0 saturated heterocycles. The van der Waals surface area contributed by atoms with Crippen molar-refractivity contribution in [3.8, 4) is 22.1 Å². The monoisotopic (exact) mass is 452 g/mol. The summed E-state index contributed by atoms with van der Waals surface area (Å²) >= 11 is 1.35. The zero-order chi connectivity index (χ0) is 22.5. The van der Waals surface area contributed by atoms with Crippen molar-refractivity contribution in [2.75, 3.05) is 12.4 Å². The standard InChI is InChI=1S/C24H18F2N2O3S/c1-30-19-10-6-18(7-11-19)27-23(29)22-14-32-24(28-22)15-3-8-20(9-4-15)31-13-16-2-5-17(25)12-21(16)26/h2-12,14H,13H2,1H3,(H,27,29). The first-order valence-corrected chi connectivity index (χ1v) is 10.5. The van der Waals surface area contributed by atoms with Crippen molar-refractivity contribution in [2.24, 2.45) is 0 Å². The Morgan fingerprint density at radius 2 is 1.72 bits per heavy atom. The van der Waals surface area contributed by atoms with Gasteiger partial charge in [0.25, 0.3) is 5.91 Å². The van der Waals surface area contributed by atoms with Gasteiger partial charge in [-0.3, -0.25) is 4.79 Å². The first kappa shape index (κ1) is 21.5. The average molecular weight is 452 g/mol. The summed E-state index contributed by atoms with van der Waals surface area (Å²) in [5.41, 5.74) is 2.04. The Morgan fingerprint density at radius 1 is 1.00 bits per heavy atom. The summed E-state index contributed by atoms with van der Waals surface area (Å²) < 4.78 is 37.4. The molecule has 32 heavy (non-hydrogen) atoms. The second-order valence-electron chi connectivity index (χ2n) is 6.77. The van der Waals surface area contributed by atoms with Gasteiger partial charge in [-0.1, -0.05) is 0 Å². The summed E-state index contributed by atoms with van der Waals surface area (Å²) in [6.45, 7) is -0.0155. The lowest BCUT2D eigenvalue weighted by Crippen LogP contribution is -2.12. The molecule has 0 unspecified atom stereocenters. The minimum atomic E-state index is -0.648. The van der Waals surface area contributed by atoms with Crippen LogP contribution in [0.1, 0.15) is 16.1 Å². The molecule has 0 atom stereocenters. The molecule has 0 aliphatic carbocycles. The second kappa shape index (κ2) is 9.57. The van der Waals surface area contributed by atoms with Crippen LogP contribution in [0.15, 0.2) is 72.1 Å². The minimum Gasteiger partial charge on any atom is -0.497 e. The minimum absolute atomic E-state index is 0.0155. The number of carbonyl (C=O) groups excluding carboxylic acids is 1. The summed E-state index contributed by atoms with van der Waals surface area (Å²) in [4.78, 5) is 16.9. The molecule has 4 aromatic rings. The Labute approximate surface area is 187 Å². The van der Waals surface area contributed by atoms with Crippen LogP contribution in [-0.4, -0.2) is 18.0 Å². The topological polar surface area (TPSA) is 60.5 Å². The number of hydrogen-bond acceptors (Lipinski definition) is 5. The summed E-state index contributed by atoms with van der Waals surface area (Å²) in [5, 5.41) is 5.17. The Bertz CT molecular complexity index is 1220. The maximum Gasteiger partial charge on any atom is 0.275 e. The normalized spacial score (nSPS) is 10.6. The van der Waals surface area contributed by atoms with Crippen molar-refractivity contribution >= 4 is 22.9 Å². The van der Waals surface area contributed by atoms with Crippen LogP contribution in [-0.2, 0) is 6.61 Å². The number of nitrogens with one attached hydrogen (secondary N) is 1. The third-order valence-corrected chi connectivity index (χ3v) is 5.49. The molecule has 1 amide bonds. The number of carbonyl (C=O) groups is 1. The lowest BCUT2D eigenvalue weighted by molar-refractivity contribution is 0.102. The molecule has 0 aliphatic rings. The zero-order valence-corrected chi connectivity index (χ0v) is 17.8. The fourth-order valence-electron chi connectivity index (χ4n) is 2.87. The number of thiazole rings is 1. The molecular weight excluding hydrogens is 434 g/mol. The Hall–Kier alpha value is -3.78. The van der Waals surface area contributed by atoms with E-state index in [1.807, 2.05) is 0 Å². The highest BCUT2D eigenvalue weighted by Crippen LogP contribution is 2.27. The van der Waals surface area contributed by atoms with Gasteiger partial charge in [0.1, 0.15) is 40.4 Å². The first-order chi connectivity index (χ1) is 15.5. The quantitative estimate of drug-likeness (QED) is 0.378. The number of rotatable bonds is 7. The van der Waals surface area contributed by atoms with Crippen molar-refractivity contribution in [1.82, 2.24) is 4.98 Å². The third kappa shape index (κ3) is 5.09. The third-order valence-electron chi connectivity index (χ3n) is 4.60. The van der Waals surface area contributed by atoms with Crippen LogP contribution < -0.4 is 14.8 Å². The first-order valence-electron chi connectivity index (χ1n) is 9.60. The van der Waals surface area contributed by atoms with Crippen molar-refractivity contribution in [2.45, 2.75) is 6.61 Å². The molecule has 0 bridgehead atoms. The Morgan fingerprint density at radius 3 is 2.41 bits per heavy atom. The van der Waals surface area contributed by atoms with E-state index in [4.69, 9.17) is 9.47 Å². The molecular formula is C24H18F2N2O3S. The van der Waals surface area contributed by atoms with Crippen molar-refractivity contribution < 1.29 is 23.0 Å². The van der Waals surface area contributed by atoms with Gasteiger partial charge in [0.2, 0.25) is 0 Å². The van der Waals surface area contributed by atoms with E-state index in [0.29, 0.717) is 27.9 Å². The van der Waals surface area contributed by atoms with Crippen LogP contribution in [0.2, 0.25) is 0 Å². The zero-order valence-electron chi connectivity index (χ0n) is 17.0. The lowest BCUT2D eigenvalue weighted by Gasteiger charge is -2.08. The number of halogens is 2. The number of benzene rings is 3. The summed E-state index contributed by atoms with van der Waals surface area (Å²) in [6, 6.07) is 17.5. The number of methoxy groups -OCH3 is 1. The molecule has 3 aromatic carbocycles. The van der Waals surface area contributed by atoms with Crippen LogP contribution in [0.5, 0.6) is 11.5 Å². The van der Waals surface area contributed by atoms with Gasteiger partial charge in [-0.2, -0.15) is 0 Å². The summed E-state index contributed by atoms with van der Waals surface area (Å²) in [6.07, 6.45) is 0. The highest BCUT2D eigenvalue weighted by atomic mass is 32.1. The molecule has 0 saturated carbocycles. The van der Waals surface area contributed by atoms with Crippen LogP contribution in [0, 0.1) is 11.6 Å². The van der Waals surface area contributed by atoms with Gasteiger partial charge < -0.3 is 14.8 Å². The highest BCUT2D eigenvalue weighted by molar-refractivity contribution is 7.13. The van der Waals surface area contributed by atoms with E-state index in [1.54, 1.807) is 61.0 Å². The van der Waals surface area contributed by atoms with Gasteiger partial charge in [0.15, 0.2) is 0 Å². The van der Waals surface area contributed by atoms with E-state index in [-0.39, 0.29) is 18.1 Å². The van der Waals surface area contributed by atoms with Gasteiger partial charge in [-0.05, 0) is 60.7 Å². The van der Waals surface area contributed by atoms with Crippen LogP contribution in [0.4, 0.5) is 14.5 Å². The number of ether oxygens (including phenoxy) is 2. The highest BCUT2D eigenvalue weighted by Gasteiger charge is 2.13. The predicted molar refractivity (Wildman–Crippen MR) is 119 cm³/mol. The summed E-state index contributed by atoms with van der Waals surface area (Å²) in [5.74, 6) is -0.347. The second-order valence-corrected chi connectivity index (χ2v) is 7.63. The number of hydrogen-bond donors (Lipinski definition) is 1. The fraction of sp³-hybridized carbons (Fsp3) is 0.0833. The molecule has 8 heteroatoms. The van der Waals surface area contributed by atoms with E-state index < -0.39 is 11.6 Å². The van der Waals surface area contributed by atoms with E-state index in [2.05, 4.69) is 10.3 Å². The van der Waals surface area contributed by atoms with Gasteiger partial charge in [-0.25, -0.2) is 13.8 Å². The number of nitrogens with zero attached hydrogens (tertiary/aromatic N) is 1. The maximum atomic E-state index is 13.7. The largest absolute Gasteiger partial charge is 0.497 e. The van der Waals surface area contributed by atoms with Crippen molar-refractivity contribution in [3.63, 3.8) is 0 Å². The molecule has 0 aliphatic heterocycles. The predicted octanol–water partition coefficient (Wildman–Crippen LogP) is 5.93. The number of aromatic nitrogens is 1. The molecule has 0 fully saturated rings. The fourth-order valence-corrected chi connectivity index (χ4v) is 3.68. The van der Waals surface area contributed by atoms with Crippen LogP contribution >= 0.6 is 11.3 Å². The molecule has 5 nitrogen and oxygen atoms in total.